The molecule has 0 amide bonds. The highest BCUT2D eigenvalue weighted by Gasteiger charge is 2.07. The van der Waals surface area contributed by atoms with E-state index in [2.05, 4.69) is 43.0 Å². The number of hydrogen-bond acceptors (Lipinski definition) is 3. The van der Waals surface area contributed by atoms with Crippen LogP contribution in [0.25, 0.3) is 0 Å². The fourth-order valence-corrected chi connectivity index (χ4v) is 3.48. The number of aliphatic imine (C=N–C) groups is 1. The molecule has 1 aromatic heterocycles. The Kier molecular flexibility index (Phi) is 10.6. The van der Waals surface area contributed by atoms with Gasteiger partial charge in [-0.15, -0.1) is 35.3 Å². The zero-order chi connectivity index (χ0) is 16.5. The van der Waals surface area contributed by atoms with Crippen molar-refractivity contribution in [3.63, 3.8) is 0 Å². The highest BCUT2D eigenvalue weighted by Crippen LogP contribution is 2.20. The molecule has 1 unspecified atom stereocenters. The lowest BCUT2D eigenvalue weighted by atomic mass is 10.1. The number of rotatable bonds is 7. The van der Waals surface area contributed by atoms with E-state index in [1.165, 1.54) is 4.88 Å². The van der Waals surface area contributed by atoms with Crippen LogP contribution in [0.5, 0.6) is 0 Å². The van der Waals surface area contributed by atoms with Gasteiger partial charge in [-0.05, 0) is 40.9 Å². The van der Waals surface area contributed by atoms with Gasteiger partial charge in [-0.3, -0.25) is 0 Å². The van der Waals surface area contributed by atoms with E-state index in [9.17, 15) is 5.11 Å². The number of halogens is 2. The summed E-state index contributed by atoms with van der Waals surface area (Å²) < 4.78 is 1.09. The SMILES string of the molecule is CCNC(=NCc1cc(Br)cs1)NCCC(O)c1ccccc1.I. The van der Waals surface area contributed by atoms with Crippen LogP contribution >= 0.6 is 51.2 Å². The average molecular weight is 524 g/mol. The minimum Gasteiger partial charge on any atom is -0.388 e. The van der Waals surface area contributed by atoms with Crippen molar-refractivity contribution in [2.75, 3.05) is 13.1 Å². The second-order valence-corrected chi connectivity index (χ2v) is 6.98. The van der Waals surface area contributed by atoms with Gasteiger partial charge < -0.3 is 15.7 Å². The van der Waals surface area contributed by atoms with E-state index in [1.54, 1.807) is 11.3 Å². The lowest BCUT2D eigenvalue weighted by Gasteiger charge is -2.14. The van der Waals surface area contributed by atoms with Gasteiger partial charge in [0.25, 0.3) is 0 Å². The zero-order valence-corrected chi connectivity index (χ0v) is 18.3. The first-order chi connectivity index (χ1) is 11.2. The van der Waals surface area contributed by atoms with E-state index in [1.807, 2.05) is 37.3 Å². The van der Waals surface area contributed by atoms with Crippen molar-refractivity contribution < 1.29 is 5.11 Å². The zero-order valence-electron chi connectivity index (χ0n) is 13.5. The Bertz CT molecular complexity index is 621. The van der Waals surface area contributed by atoms with Crippen LogP contribution in [0, 0.1) is 0 Å². The first-order valence-corrected chi connectivity index (χ1v) is 9.34. The monoisotopic (exact) mass is 523 g/mol. The van der Waals surface area contributed by atoms with Crippen LogP contribution in [0.3, 0.4) is 0 Å². The summed E-state index contributed by atoms with van der Waals surface area (Å²) in [6.45, 7) is 4.15. The maximum absolute atomic E-state index is 10.2. The summed E-state index contributed by atoms with van der Waals surface area (Å²) in [5, 5.41) is 18.7. The van der Waals surface area contributed by atoms with E-state index < -0.39 is 6.10 Å². The number of aliphatic hydroxyl groups excluding tert-OH is 1. The molecule has 0 radical (unpaired) electrons. The van der Waals surface area contributed by atoms with Gasteiger partial charge >= 0.3 is 0 Å². The fourth-order valence-electron chi connectivity index (χ4n) is 2.10. The number of nitrogens with one attached hydrogen (secondary N) is 2. The molecule has 0 bridgehead atoms. The molecule has 1 heterocycles. The van der Waals surface area contributed by atoms with Crippen molar-refractivity contribution >= 4 is 57.2 Å². The quantitative estimate of drug-likeness (QED) is 0.288. The van der Waals surface area contributed by atoms with E-state index in [0.717, 1.165) is 22.5 Å². The van der Waals surface area contributed by atoms with Crippen LogP contribution in [0.2, 0.25) is 0 Å². The van der Waals surface area contributed by atoms with Gasteiger partial charge in [-0.1, -0.05) is 30.3 Å². The van der Waals surface area contributed by atoms with Crippen molar-refractivity contribution in [3.05, 3.63) is 56.7 Å². The van der Waals surface area contributed by atoms with Gasteiger partial charge in [0.2, 0.25) is 0 Å². The standard InChI is InChI=1S/C17H22BrN3OS.HI/c1-2-19-17(21-11-15-10-14(18)12-23-15)20-9-8-16(22)13-6-4-3-5-7-13;/h3-7,10,12,16,22H,2,8-9,11H2,1H3,(H2,19,20,21);1H. The third kappa shape index (κ3) is 7.50. The van der Waals surface area contributed by atoms with Crippen LogP contribution in [0.15, 0.2) is 51.2 Å². The molecule has 1 atom stereocenters. The summed E-state index contributed by atoms with van der Waals surface area (Å²) >= 11 is 5.14. The van der Waals surface area contributed by atoms with Crippen molar-refractivity contribution in [1.82, 2.24) is 10.6 Å². The van der Waals surface area contributed by atoms with Crippen molar-refractivity contribution in [3.8, 4) is 0 Å². The van der Waals surface area contributed by atoms with Crippen LogP contribution < -0.4 is 10.6 Å². The molecule has 4 nitrogen and oxygen atoms in total. The minimum atomic E-state index is -0.458. The molecule has 7 heteroatoms. The molecule has 0 aliphatic heterocycles. The molecule has 0 aliphatic carbocycles. The van der Waals surface area contributed by atoms with E-state index in [4.69, 9.17) is 0 Å². The normalized spacial score (nSPS) is 12.4. The number of thiophene rings is 1. The first kappa shape index (κ1) is 21.4. The van der Waals surface area contributed by atoms with E-state index in [-0.39, 0.29) is 24.0 Å². The largest absolute Gasteiger partial charge is 0.388 e. The maximum Gasteiger partial charge on any atom is 0.191 e. The predicted octanol–water partition coefficient (Wildman–Crippen LogP) is 4.31. The summed E-state index contributed by atoms with van der Waals surface area (Å²) in [4.78, 5) is 5.78. The summed E-state index contributed by atoms with van der Waals surface area (Å²) in [5.74, 6) is 0.775. The van der Waals surface area contributed by atoms with Crippen LogP contribution in [-0.2, 0) is 6.54 Å². The van der Waals surface area contributed by atoms with Gasteiger partial charge in [0.15, 0.2) is 5.96 Å². The Morgan fingerprint density at radius 1 is 1.29 bits per heavy atom. The Labute approximate surface area is 172 Å². The molecule has 0 fully saturated rings. The molecule has 0 spiro atoms. The van der Waals surface area contributed by atoms with Gasteiger partial charge in [-0.2, -0.15) is 0 Å². The molecule has 0 saturated heterocycles. The third-order valence-electron chi connectivity index (χ3n) is 3.25. The Morgan fingerprint density at radius 2 is 2.04 bits per heavy atom. The first-order valence-electron chi connectivity index (χ1n) is 7.67. The smallest absolute Gasteiger partial charge is 0.191 e. The molecular weight excluding hydrogens is 501 g/mol. The molecule has 0 aliphatic rings. The highest BCUT2D eigenvalue weighted by molar-refractivity contribution is 14.0. The van der Waals surface area contributed by atoms with Crippen LogP contribution in [0.1, 0.15) is 29.9 Å². The molecule has 1 aromatic carbocycles. The van der Waals surface area contributed by atoms with Gasteiger partial charge in [0.05, 0.1) is 12.6 Å². The van der Waals surface area contributed by atoms with Crippen LogP contribution in [0.4, 0.5) is 0 Å². The topological polar surface area (TPSA) is 56.7 Å². The van der Waals surface area contributed by atoms with Gasteiger partial charge in [-0.25, -0.2) is 4.99 Å². The molecule has 3 N–H and O–H groups in total. The van der Waals surface area contributed by atoms with E-state index in [0.29, 0.717) is 19.5 Å². The van der Waals surface area contributed by atoms with Gasteiger partial charge in [0.1, 0.15) is 0 Å². The molecule has 132 valence electrons. The van der Waals surface area contributed by atoms with Crippen molar-refractivity contribution in [2.45, 2.75) is 26.0 Å². The predicted molar refractivity (Wildman–Crippen MR) is 116 cm³/mol. The number of aliphatic hydroxyl groups is 1. The Balaban J connectivity index is 0.00000288. The molecule has 2 rings (SSSR count). The Hall–Kier alpha value is -0.640. The van der Waals surface area contributed by atoms with Crippen molar-refractivity contribution in [2.24, 2.45) is 4.99 Å². The summed E-state index contributed by atoms with van der Waals surface area (Å²) in [6, 6.07) is 11.8. The number of nitrogens with zero attached hydrogens (tertiary/aromatic N) is 1. The second-order valence-electron chi connectivity index (χ2n) is 5.07. The fraction of sp³-hybridized carbons (Fsp3) is 0.353. The third-order valence-corrected chi connectivity index (χ3v) is 4.94. The Morgan fingerprint density at radius 3 is 2.67 bits per heavy atom. The minimum absolute atomic E-state index is 0. The maximum atomic E-state index is 10.2. The van der Waals surface area contributed by atoms with Crippen molar-refractivity contribution in [1.29, 1.82) is 0 Å². The van der Waals surface area contributed by atoms with Crippen LogP contribution in [-0.4, -0.2) is 24.2 Å². The molecule has 24 heavy (non-hydrogen) atoms. The van der Waals surface area contributed by atoms with Gasteiger partial charge in [0, 0.05) is 27.8 Å². The molecule has 0 saturated carbocycles. The van der Waals surface area contributed by atoms with E-state index >= 15 is 0 Å². The second kappa shape index (κ2) is 11.8. The number of hydrogen-bond donors (Lipinski definition) is 3. The summed E-state index contributed by atoms with van der Waals surface area (Å²) in [6.07, 6.45) is 0.179. The average Bonchev–Trinajstić information content (AvgIpc) is 2.99. The summed E-state index contributed by atoms with van der Waals surface area (Å²) in [5.41, 5.74) is 0.944. The lowest BCUT2D eigenvalue weighted by molar-refractivity contribution is 0.168. The number of benzene rings is 1. The summed E-state index contributed by atoms with van der Waals surface area (Å²) in [7, 11) is 0. The lowest BCUT2D eigenvalue weighted by Crippen LogP contribution is -2.38. The highest BCUT2D eigenvalue weighted by atomic mass is 127. The molecule has 2 aromatic rings. The number of guanidine groups is 1. The molecular formula is C17H23BrIN3OS.